The number of H-pyrrole nitrogens is 1. The molecule has 24 heavy (non-hydrogen) atoms. The molecule has 1 N–H and O–H groups in total. The maximum Gasteiger partial charge on any atom is 0.168 e. The third-order valence-electron chi connectivity index (χ3n) is 3.58. The molecule has 0 unspecified atom stereocenters. The molecule has 5 heteroatoms. The number of hydrogen-bond acceptors (Lipinski definition) is 4. The number of para-hydroxylation sites is 3. The summed E-state index contributed by atoms with van der Waals surface area (Å²) in [4.78, 5) is 7.65. The maximum atomic E-state index is 9.56. The van der Waals surface area contributed by atoms with Gasteiger partial charge in [-0.2, -0.15) is 5.26 Å². The molecule has 0 bridgehead atoms. The highest BCUT2D eigenvalue weighted by Crippen LogP contribution is 2.33. The van der Waals surface area contributed by atoms with E-state index in [1.807, 2.05) is 49.4 Å². The number of benzene rings is 2. The van der Waals surface area contributed by atoms with E-state index in [4.69, 9.17) is 9.47 Å². The molecule has 2 aromatic carbocycles. The minimum Gasteiger partial charge on any atom is -0.493 e. The molecular formula is C19H17N3O2. The van der Waals surface area contributed by atoms with Gasteiger partial charge < -0.3 is 14.5 Å². The number of ether oxygens (including phenoxy) is 2. The zero-order valence-corrected chi connectivity index (χ0v) is 13.5. The highest BCUT2D eigenvalue weighted by Gasteiger charge is 2.12. The Hall–Kier alpha value is -3.26. The molecule has 1 heterocycles. The van der Waals surface area contributed by atoms with Crippen molar-refractivity contribution in [3.8, 4) is 17.6 Å². The summed E-state index contributed by atoms with van der Waals surface area (Å²) in [6.07, 6.45) is 1.76. The van der Waals surface area contributed by atoms with Crippen LogP contribution in [0.25, 0.3) is 22.7 Å². The van der Waals surface area contributed by atoms with Gasteiger partial charge in [-0.05, 0) is 31.2 Å². The van der Waals surface area contributed by atoms with Crippen molar-refractivity contribution >= 4 is 22.7 Å². The van der Waals surface area contributed by atoms with Gasteiger partial charge in [0.25, 0.3) is 0 Å². The fourth-order valence-electron chi connectivity index (χ4n) is 2.50. The van der Waals surface area contributed by atoms with Crippen LogP contribution in [-0.4, -0.2) is 23.7 Å². The molecular weight excluding hydrogens is 302 g/mol. The van der Waals surface area contributed by atoms with Crippen LogP contribution in [0.4, 0.5) is 0 Å². The fraction of sp³-hybridized carbons (Fsp3) is 0.158. The molecule has 3 aromatic rings. The van der Waals surface area contributed by atoms with Gasteiger partial charge in [0.1, 0.15) is 11.9 Å². The normalized spacial score (nSPS) is 11.3. The smallest absolute Gasteiger partial charge is 0.168 e. The summed E-state index contributed by atoms with van der Waals surface area (Å²) in [6, 6.07) is 15.5. The molecule has 0 amide bonds. The van der Waals surface area contributed by atoms with Crippen molar-refractivity contribution in [2.75, 3.05) is 13.7 Å². The number of nitrogens with zero attached hydrogens (tertiary/aromatic N) is 2. The number of rotatable bonds is 5. The topological polar surface area (TPSA) is 70.9 Å². The number of aromatic nitrogens is 2. The Balaban J connectivity index is 2.09. The molecule has 120 valence electrons. The van der Waals surface area contributed by atoms with Crippen molar-refractivity contribution in [3.05, 3.63) is 53.9 Å². The van der Waals surface area contributed by atoms with E-state index >= 15 is 0 Å². The lowest BCUT2D eigenvalue weighted by Gasteiger charge is -2.12. The van der Waals surface area contributed by atoms with Gasteiger partial charge >= 0.3 is 0 Å². The first-order valence-corrected chi connectivity index (χ1v) is 7.63. The van der Waals surface area contributed by atoms with Crippen LogP contribution in [0.5, 0.6) is 11.5 Å². The van der Waals surface area contributed by atoms with Crippen molar-refractivity contribution in [1.82, 2.24) is 9.97 Å². The van der Waals surface area contributed by atoms with E-state index in [-0.39, 0.29) is 0 Å². The number of nitriles is 1. The standard InChI is InChI=1S/C19H17N3O2/c1-3-24-18-13(7-6-10-17(18)23-2)11-14(12-20)19-21-15-8-4-5-9-16(15)22-19/h4-11H,3H2,1-2H3,(H,21,22). The number of imidazole rings is 1. The van der Waals surface area contributed by atoms with Crippen LogP contribution in [0, 0.1) is 11.3 Å². The lowest BCUT2D eigenvalue weighted by Crippen LogP contribution is -1.98. The second-order valence-corrected chi connectivity index (χ2v) is 5.08. The molecule has 0 aliphatic carbocycles. The maximum absolute atomic E-state index is 9.56. The summed E-state index contributed by atoms with van der Waals surface area (Å²) in [5, 5.41) is 9.56. The number of nitrogens with one attached hydrogen (secondary N) is 1. The Labute approximate surface area is 140 Å². The van der Waals surface area contributed by atoms with Crippen LogP contribution < -0.4 is 9.47 Å². The minimum atomic E-state index is 0.431. The minimum absolute atomic E-state index is 0.431. The second-order valence-electron chi connectivity index (χ2n) is 5.08. The fourth-order valence-corrected chi connectivity index (χ4v) is 2.50. The molecule has 3 rings (SSSR count). The molecule has 1 aromatic heterocycles. The first-order valence-electron chi connectivity index (χ1n) is 7.63. The zero-order valence-electron chi connectivity index (χ0n) is 13.5. The summed E-state index contributed by atoms with van der Waals surface area (Å²) in [5.41, 5.74) is 2.92. The Bertz CT molecular complexity index is 902. The van der Waals surface area contributed by atoms with Crippen molar-refractivity contribution < 1.29 is 9.47 Å². The third-order valence-corrected chi connectivity index (χ3v) is 3.58. The van der Waals surface area contributed by atoms with E-state index in [1.54, 1.807) is 13.2 Å². The van der Waals surface area contributed by atoms with E-state index in [1.165, 1.54) is 0 Å². The van der Waals surface area contributed by atoms with Crippen LogP contribution in [0.2, 0.25) is 0 Å². The van der Waals surface area contributed by atoms with Gasteiger partial charge in [0.15, 0.2) is 11.5 Å². The molecule has 0 spiro atoms. The van der Waals surface area contributed by atoms with Gasteiger partial charge in [-0.15, -0.1) is 0 Å². The molecule has 0 fully saturated rings. The van der Waals surface area contributed by atoms with E-state index in [0.717, 1.165) is 16.6 Å². The molecule has 5 nitrogen and oxygen atoms in total. The van der Waals surface area contributed by atoms with Gasteiger partial charge in [-0.25, -0.2) is 4.98 Å². The van der Waals surface area contributed by atoms with Crippen molar-refractivity contribution in [2.45, 2.75) is 6.92 Å². The monoisotopic (exact) mass is 319 g/mol. The Morgan fingerprint density at radius 1 is 1.25 bits per heavy atom. The molecule has 0 saturated heterocycles. The summed E-state index contributed by atoms with van der Waals surface area (Å²) < 4.78 is 11.0. The Morgan fingerprint density at radius 2 is 2.08 bits per heavy atom. The van der Waals surface area contributed by atoms with E-state index < -0.39 is 0 Å². The average Bonchev–Trinajstić information content (AvgIpc) is 3.04. The average molecular weight is 319 g/mol. The number of hydrogen-bond donors (Lipinski definition) is 1. The van der Waals surface area contributed by atoms with Crippen LogP contribution in [-0.2, 0) is 0 Å². The van der Waals surface area contributed by atoms with Crippen LogP contribution in [0.15, 0.2) is 42.5 Å². The van der Waals surface area contributed by atoms with Crippen molar-refractivity contribution in [2.24, 2.45) is 0 Å². The molecule has 0 aliphatic rings. The first-order chi connectivity index (χ1) is 11.8. The van der Waals surface area contributed by atoms with Crippen molar-refractivity contribution in [1.29, 1.82) is 5.26 Å². The van der Waals surface area contributed by atoms with E-state index in [0.29, 0.717) is 29.5 Å². The third kappa shape index (κ3) is 2.95. The molecule has 0 atom stereocenters. The predicted molar refractivity (Wildman–Crippen MR) is 93.7 cm³/mol. The summed E-state index contributed by atoms with van der Waals surface area (Å²) >= 11 is 0. The first kappa shape index (κ1) is 15.6. The summed E-state index contributed by atoms with van der Waals surface area (Å²) in [5.74, 6) is 1.78. The number of aromatic amines is 1. The van der Waals surface area contributed by atoms with Gasteiger partial charge in [0.2, 0.25) is 0 Å². The van der Waals surface area contributed by atoms with Crippen LogP contribution in [0.1, 0.15) is 18.3 Å². The lowest BCUT2D eigenvalue weighted by molar-refractivity contribution is 0.310. The van der Waals surface area contributed by atoms with Gasteiger partial charge in [0, 0.05) is 5.56 Å². The lowest BCUT2D eigenvalue weighted by atomic mass is 10.1. The number of allylic oxidation sites excluding steroid dienone is 1. The molecule has 0 saturated carbocycles. The number of fused-ring (bicyclic) bond motifs is 1. The Kier molecular flexibility index (Phi) is 4.48. The highest BCUT2D eigenvalue weighted by molar-refractivity contribution is 5.91. The van der Waals surface area contributed by atoms with Gasteiger partial charge in [0.05, 0.1) is 30.3 Å². The highest BCUT2D eigenvalue weighted by atomic mass is 16.5. The van der Waals surface area contributed by atoms with Gasteiger partial charge in [-0.3, -0.25) is 0 Å². The predicted octanol–water partition coefficient (Wildman–Crippen LogP) is 4.03. The zero-order chi connectivity index (χ0) is 16.9. The molecule has 0 aliphatic heterocycles. The Morgan fingerprint density at radius 3 is 2.79 bits per heavy atom. The van der Waals surface area contributed by atoms with E-state index in [9.17, 15) is 5.26 Å². The van der Waals surface area contributed by atoms with E-state index in [2.05, 4.69) is 16.0 Å². The van der Waals surface area contributed by atoms with Gasteiger partial charge in [-0.1, -0.05) is 24.3 Å². The summed E-state index contributed by atoms with van der Waals surface area (Å²) in [6.45, 7) is 2.41. The SMILES string of the molecule is CCOc1c(C=C(C#N)c2nc3ccccc3[nH]2)cccc1OC. The van der Waals surface area contributed by atoms with Crippen molar-refractivity contribution in [3.63, 3.8) is 0 Å². The quantitative estimate of drug-likeness (QED) is 0.721. The molecule has 0 radical (unpaired) electrons. The van der Waals surface area contributed by atoms with Crippen LogP contribution >= 0.6 is 0 Å². The number of methoxy groups -OCH3 is 1. The summed E-state index contributed by atoms with van der Waals surface area (Å²) in [7, 11) is 1.59. The second kappa shape index (κ2) is 6.88. The largest absolute Gasteiger partial charge is 0.493 e. The van der Waals surface area contributed by atoms with Crippen LogP contribution in [0.3, 0.4) is 0 Å².